The molecule has 0 radical (unpaired) electrons. The summed E-state index contributed by atoms with van der Waals surface area (Å²) in [5.41, 5.74) is 7.55. The number of aromatic nitrogens is 1. The first-order valence-corrected chi connectivity index (χ1v) is 10.2. The molecule has 1 saturated heterocycles. The number of fused-ring (bicyclic) bond motifs is 1. The van der Waals surface area contributed by atoms with E-state index in [1.165, 1.54) is 0 Å². The molecule has 28 heavy (non-hydrogen) atoms. The lowest BCUT2D eigenvalue weighted by atomic mass is 9.98. The SMILES string of the molecule is Cc1ccccc1C(=O)NNC(=O)[C@@H]1CCCN(c2nc3ccccc3s2)C1. The molecule has 1 atom stereocenters. The molecule has 3 aromatic rings. The van der Waals surface area contributed by atoms with Crippen LogP contribution in [0.3, 0.4) is 0 Å². The largest absolute Gasteiger partial charge is 0.347 e. The van der Waals surface area contributed by atoms with Crippen LogP contribution in [0, 0.1) is 12.8 Å². The summed E-state index contributed by atoms with van der Waals surface area (Å²) in [6, 6.07) is 15.4. The quantitative estimate of drug-likeness (QED) is 0.669. The molecule has 1 aliphatic heterocycles. The number of piperidine rings is 1. The molecule has 0 bridgehead atoms. The average Bonchev–Trinajstić information content (AvgIpc) is 3.16. The number of thiazole rings is 1. The Bertz CT molecular complexity index is 983. The number of hydrazine groups is 1. The highest BCUT2D eigenvalue weighted by Gasteiger charge is 2.27. The summed E-state index contributed by atoms with van der Waals surface area (Å²) in [6.07, 6.45) is 1.72. The Morgan fingerprint density at radius 2 is 1.89 bits per heavy atom. The van der Waals surface area contributed by atoms with E-state index in [1.54, 1.807) is 23.5 Å². The van der Waals surface area contributed by atoms with Crippen molar-refractivity contribution in [1.29, 1.82) is 0 Å². The van der Waals surface area contributed by atoms with Crippen LogP contribution in [0.5, 0.6) is 0 Å². The molecule has 1 aliphatic rings. The molecule has 4 rings (SSSR count). The number of carbonyl (C=O) groups excluding carboxylic acids is 2. The van der Waals surface area contributed by atoms with Crippen molar-refractivity contribution in [3.05, 3.63) is 59.7 Å². The van der Waals surface area contributed by atoms with Crippen molar-refractivity contribution in [2.45, 2.75) is 19.8 Å². The predicted molar refractivity (Wildman–Crippen MR) is 111 cm³/mol. The molecule has 1 aromatic heterocycles. The summed E-state index contributed by atoms with van der Waals surface area (Å²) >= 11 is 1.65. The summed E-state index contributed by atoms with van der Waals surface area (Å²) in [5, 5.41) is 0.947. The van der Waals surface area contributed by atoms with E-state index in [9.17, 15) is 9.59 Å². The first-order chi connectivity index (χ1) is 13.6. The number of hydrogen-bond donors (Lipinski definition) is 2. The van der Waals surface area contributed by atoms with Gasteiger partial charge in [-0.2, -0.15) is 0 Å². The Morgan fingerprint density at radius 3 is 2.71 bits per heavy atom. The molecule has 0 aliphatic carbocycles. The average molecular weight is 395 g/mol. The number of hydrogen-bond acceptors (Lipinski definition) is 5. The van der Waals surface area contributed by atoms with Crippen molar-refractivity contribution in [3.63, 3.8) is 0 Å². The van der Waals surface area contributed by atoms with Gasteiger partial charge in [-0.05, 0) is 43.5 Å². The van der Waals surface area contributed by atoms with Gasteiger partial charge in [-0.25, -0.2) is 4.98 Å². The second kappa shape index (κ2) is 7.98. The molecule has 0 spiro atoms. The van der Waals surface area contributed by atoms with Gasteiger partial charge in [-0.3, -0.25) is 20.4 Å². The van der Waals surface area contributed by atoms with Crippen molar-refractivity contribution in [1.82, 2.24) is 15.8 Å². The molecular weight excluding hydrogens is 372 g/mol. The molecule has 0 saturated carbocycles. The topological polar surface area (TPSA) is 74.3 Å². The fourth-order valence-corrected chi connectivity index (χ4v) is 4.48. The maximum absolute atomic E-state index is 12.6. The molecule has 2 N–H and O–H groups in total. The van der Waals surface area contributed by atoms with Crippen LogP contribution in [0.4, 0.5) is 5.13 Å². The van der Waals surface area contributed by atoms with E-state index >= 15 is 0 Å². The number of nitrogens with zero attached hydrogens (tertiary/aromatic N) is 2. The Hall–Kier alpha value is -2.93. The minimum absolute atomic E-state index is 0.159. The zero-order valence-corrected chi connectivity index (χ0v) is 16.5. The lowest BCUT2D eigenvalue weighted by Crippen LogP contribution is -2.49. The number of rotatable bonds is 3. The molecule has 1 fully saturated rings. The predicted octanol–water partition coefficient (Wildman–Crippen LogP) is 3.28. The third-order valence-electron chi connectivity index (χ3n) is 5.03. The molecule has 144 valence electrons. The number of anilines is 1. The van der Waals surface area contributed by atoms with Gasteiger partial charge in [0, 0.05) is 18.7 Å². The standard InChI is InChI=1S/C21H22N4O2S/c1-14-7-2-3-9-16(14)20(27)24-23-19(26)15-8-6-12-25(13-15)21-22-17-10-4-5-11-18(17)28-21/h2-5,7,9-11,15H,6,8,12-13H2,1H3,(H,23,26)(H,24,27)/t15-/m1/s1. The molecule has 6 nitrogen and oxygen atoms in total. The van der Waals surface area contributed by atoms with Gasteiger partial charge in [0.15, 0.2) is 5.13 Å². The normalized spacial score (nSPS) is 16.8. The van der Waals surface area contributed by atoms with Crippen LogP contribution in [-0.4, -0.2) is 29.9 Å². The minimum Gasteiger partial charge on any atom is -0.347 e. The highest BCUT2D eigenvalue weighted by molar-refractivity contribution is 7.22. The molecular formula is C21H22N4O2S. The molecule has 7 heteroatoms. The number of nitrogens with one attached hydrogen (secondary N) is 2. The van der Waals surface area contributed by atoms with Gasteiger partial charge in [0.05, 0.1) is 16.1 Å². The molecule has 0 unspecified atom stereocenters. The number of benzene rings is 2. The van der Waals surface area contributed by atoms with Gasteiger partial charge in [-0.15, -0.1) is 0 Å². The van der Waals surface area contributed by atoms with Crippen LogP contribution in [0.25, 0.3) is 10.2 Å². The minimum atomic E-state index is -0.301. The number of para-hydroxylation sites is 1. The van der Waals surface area contributed by atoms with Gasteiger partial charge in [0.25, 0.3) is 5.91 Å². The fraction of sp³-hybridized carbons (Fsp3) is 0.286. The Morgan fingerprint density at radius 1 is 1.11 bits per heavy atom. The lowest BCUT2D eigenvalue weighted by Gasteiger charge is -2.31. The van der Waals surface area contributed by atoms with Crippen LogP contribution in [0.2, 0.25) is 0 Å². The van der Waals surface area contributed by atoms with E-state index in [-0.39, 0.29) is 17.7 Å². The first kappa shape index (κ1) is 18.4. The Labute approximate surface area is 167 Å². The van der Waals surface area contributed by atoms with Crippen molar-refractivity contribution in [2.75, 3.05) is 18.0 Å². The van der Waals surface area contributed by atoms with Gasteiger partial charge in [0.2, 0.25) is 5.91 Å². The van der Waals surface area contributed by atoms with E-state index < -0.39 is 0 Å². The smallest absolute Gasteiger partial charge is 0.269 e. The van der Waals surface area contributed by atoms with Crippen molar-refractivity contribution < 1.29 is 9.59 Å². The number of carbonyl (C=O) groups is 2. The number of amides is 2. The number of aryl methyl sites for hydroxylation is 1. The van der Waals surface area contributed by atoms with Crippen molar-refractivity contribution in [2.24, 2.45) is 5.92 Å². The Balaban J connectivity index is 1.38. The first-order valence-electron chi connectivity index (χ1n) is 9.38. The maximum Gasteiger partial charge on any atom is 0.269 e. The summed E-state index contributed by atoms with van der Waals surface area (Å²) < 4.78 is 1.15. The molecule has 2 heterocycles. The molecule has 2 aromatic carbocycles. The van der Waals surface area contributed by atoms with E-state index in [4.69, 9.17) is 4.98 Å². The summed E-state index contributed by atoms with van der Waals surface area (Å²) in [5.74, 6) is -0.643. The van der Waals surface area contributed by atoms with E-state index in [0.717, 1.165) is 40.3 Å². The van der Waals surface area contributed by atoms with E-state index in [0.29, 0.717) is 12.1 Å². The summed E-state index contributed by atoms with van der Waals surface area (Å²) in [7, 11) is 0. The van der Waals surface area contributed by atoms with Gasteiger partial charge >= 0.3 is 0 Å². The van der Waals surface area contributed by atoms with Gasteiger partial charge < -0.3 is 4.90 Å². The highest BCUT2D eigenvalue weighted by atomic mass is 32.1. The third kappa shape index (κ3) is 3.84. The van der Waals surface area contributed by atoms with Crippen LogP contribution in [0.1, 0.15) is 28.8 Å². The summed E-state index contributed by atoms with van der Waals surface area (Å²) in [4.78, 5) is 31.8. The van der Waals surface area contributed by atoms with Gasteiger partial charge in [-0.1, -0.05) is 41.7 Å². The monoisotopic (exact) mass is 394 g/mol. The van der Waals surface area contributed by atoms with Gasteiger partial charge in [0.1, 0.15) is 0 Å². The van der Waals surface area contributed by atoms with Crippen LogP contribution in [0.15, 0.2) is 48.5 Å². The Kier molecular flexibility index (Phi) is 5.25. The van der Waals surface area contributed by atoms with Crippen LogP contribution >= 0.6 is 11.3 Å². The van der Waals surface area contributed by atoms with Crippen LogP contribution in [-0.2, 0) is 4.79 Å². The van der Waals surface area contributed by atoms with Crippen molar-refractivity contribution in [3.8, 4) is 0 Å². The molecule has 2 amide bonds. The summed E-state index contributed by atoms with van der Waals surface area (Å²) in [6.45, 7) is 3.36. The second-order valence-electron chi connectivity index (χ2n) is 7.01. The van der Waals surface area contributed by atoms with Crippen LogP contribution < -0.4 is 15.8 Å². The zero-order valence-electron chi connectivity index (χ0n) is 15.6. The zero-order chi connectivity index (χ0) is 19.5. The highest BCUT2D eigenvalue weighted by Crippen LogP contribution is 2.31. The van der Waals surface area contributed by atoms with E-state index in [2.05, 4.69) is 21.8 Å². The second-order valence-corrected chi connectivity index (χ2v) is 8.02. The fourth-order valence-electron chi connectivity index (χ4n) is 3.48. The third-order valence-corrected chi connectivity index (χ3v) is 6.13. The lowest BCUT2D eigenvalue weighted by molar-refractivity contribution is -0.126. The van der Waals surface area contributed by atoms with Crippen molar-refractivity contribution >= 4 is 38.5 Å². The van der Waals surface area contributed by atoms with E-state index in [1.807, 2.05) is 37.3 Å². The maximum atomic E-state index is 12.6.